The van der Waals surface area contributed by atoms with Crippen molar-refractivity contribution in [2.75, 3.05) is 6.61 Å². The standard InChI is InChI=1S/C5H8O5/c6-4(1-2-10-9)3-5(7)8/h9H,1-3H2,(H,7,8). The summed E-state index contributed by atoms with van der Waals surface area (Å²) < 4.78 is 0. The first-order chi connectivity index (χ1) is 4.66. The van der Waals surface area contributed by atoms with E-state index in [1.807, 2.05) is 0 Å². The first-order valence-corrected chi connectivity index (χ1v) is 2.66. The molecule has 0 heterocycles. The summed E-state index contributed by atoms with van der Waals surface area (Å²) in [6.07, 6.45) is -0.577. The third-order valence-corrected chi connectivity index (χ3v) is 0.821. The van der Waals surface area contributed by atoms with E-state index in [1.165, 1.54) is 0 Å². The second kappa shape index (κ2) is 4.89. The summed E-state index contributed by atoms with van der Waals surface area (Å²) in [4.78, 5) is 23.9. The Morgan fingerprint density at radius 2 is 2.00 bits per heavy atom. The summed E-state index contributed by atoms with van der Waals surface area (Å²) in [5, 5.41) is 15.8. The Morgan fingerprint density at radius 3 is 2.40 bits per heavy atom. The molecule has 0 saturated carbocycles. The fraction of sp³-hybridized carbons (Fsp3) is 0.600. The lowest BCUT2D eigenvalue weighted by atomic mass is 10.2. The molecule has 0 fully saturated rings. The zero-order valence-electron chi connectivity index (χ0n) is 5.24. The maximum absolute atomic E-state index is 10.4. The molecule has 2 N–H and O–H groups in total. The van der Waals surface area contributed by atoms with Gasteiger partial charge in [-0.2, -0.15) is 0 Å². The van der Waals surface area contributed by atoms with Gasteiger partial charge in [0, 0.05) is 6.42 Å². The van der Waals surface area contributed by atoms with Crippen LogP contribution in [0.3, 0.4) is 0 Å². The lowest BCUT2D eigenvalue weighted by molar-refractivity contribution is -0.241. The Balaban J connectivity index is 3.35. The Labute approximate surface area is 57.2 Å². The Morgan fingerprint density at radius 1 is 1.40 bits per heavy atom. The SMILES string of the molecule is O=C(O)CC(=O)CCOO. The number of carboxylic acid groups (broad SMARTS) is 1. The molecule has 5 nitrogen and oxygen atoms in total. The topological polar surface area (TPSA) is 83.8 Å². The van der Waals surface area contributed by atoms with Crippen molar-refractivity contribution in [2.24, 2.45) is 0 Å². The number of hydrogen-bond acceptors (Lipinski definition) is 4. The molecule has 0 amide bonds. The van der Waals surface area contributed by atoms with Crippen LogP contribution in [-0.4, -0.2) is 28.7 Å². The Hall–Kier alpha value is -0.940. The van der Waals surface area contributed by atoms with Crippen LogP contribution in [0.4, 0.5) is 0 Å². The van der Waals surface area contributed by atoms with E-state index in [9.17, 15) is 9.59 Å². The van der Waals surface area contributed by atoms with Crippen LogP contribution in [0.5, 0.6) is 0 Å². The van der Waals surface area contributed by atoms with Gasteiger partial charge in [0.1, 0.15) is 12.2 Å². The van der Waals surface area contributed by atoms with Crippen molar-refractivity contribution in [3.8, 4) is 0 Å². The van der Waals surface area contributed by atoms with Crippen LogP contribution >= 0.6 is 0 Å². The quantitative estimate of drug-likeness (QED) is 0.323. The lowest BCUT2D eigenvalue weighted by Gasteiger charge is -1.93. The molecule has 0 unspecified atom stereocenters. The lowest BCUT2D eigenvalue weighted by Crippen LogP contribution is -2.08. The van der Waals surface area contributed by atoms with Gasteiger partial charge in [0.05, 0.1) is 6.61 Å². The number of ketones is 1. The highest BCUT2D eigenvalue weighted by molar-refractivity contribution is 5.94. The molecule has 0 aliphatic heterocycles. The minimum atomic E-state index is -1.16. The molecule has 5 heteroatoms. The zero-order chi connectivity index (χ0) is 7.98. The third-order valence-electron chi connectivity index (χ3n) is 0.821. The molecular formula is C5H8O5. The molecule has 0 atom stereocenters. The summed E-state index contributed by atoms with van der Waals surface area (Å²) in [5.74, 6) is -1.62. The monoisotopic (exact) mass is 148 g/mol. The second-order valence-electron chi connectivity index (χ2n) is 1.69. The number of carboxylic acids is 1. The van der Waals surface area contributed by atoms with Crippen LogP contribution in [0.1, 0.15) is 12.8 Å². The van der Waals surface area contributed by atoms with Gasteiger partial charge in [0.15, 0.2) is 0 Å². The molecule has 0 spiro atoms. The van der Waals surface area contributed by atoms with Crippen molar-refractivity contribution < 1.29 is 24.8 Å². The van der Waals surface area contributed by atoms with Gasteiger partial charge in [-0.3, -0.25) is 14.8 Å². The molecule has 0 saturated heterocycles. The Kier molecular flexibility index (Phi) is 4.43. The second-order valence-corrected chi connectivity index (χ2v) is 1.69. The van der Waals surface area contributed by atoms with Gasteiger partial charge in [-0.1, -0.05) is 0 Å². The molecule has 10 heavy (non-hydrogen) atoms. The van der Waals surface area contributed by atoms with Crippen molar-refractivity contribution in [1.82, 2.24) is 0 Å². The van der Waals surface area contributed by atoms with Gasteiger partial charge in [-0.15, -0.1) is 0 Å². The number of carbonyl (C=O) groups is 2. The van der Waals surface area contributed by atoms with Gasteiger partial charge >= 0.3 is 5.97 Å². The number of Topliss-reactive ketones (excluding diaryl/α,β-unsaturated/α-hetero) is 1. The highest BCUT2D eigenvalue weighted by Crippen LogP contribution is 1.89. The molecule has 0 radical (unpaired) electrons. The van der Waals surface area contributed by atoms with Crippen LogP contribution in [0.25, 0.3) is 0 Å². The summed E-state index contributed by atoms with van der Waals surface area (Å²) in [7, 11) is 0. The number of carbonyl (C=O) groups excluding carboxylic acids is 1. The van der Waals surface area contributed by atoms with Crippen LogP contribution in [0.15, 0.2) is 0 Å². The average molecular weight is 148 g/mol. The number of rotatable bonds is 5. The first-order valence-electron chi connectivity index (χ1n) is 2.66. The predicted octanol–water partition coefficient (Wildman–Crippen LogP) is -0.0901. The van der Waals surface area contributed by atoms with Crippen LogP contribution in [-0.2, 0) is 14.5 Å². The van der Waals surface area contributed by atoms with E-state index in [-0.39, 0.29) is 13.0 Å². The van der Waals surface area contributed by atoms with Crippen LogP contribution in [0, 0.1) is 0 Å². The molecule has 0 aromatic heterocycles. The molecule has 0 aromatic carbocycles. The van der Waals surface area contributed by atoms with E-state index in [2.05, 4.69) is 4.89 Å². The van der Waals surface area contributed by atoms with Crippen molar-refractivity contribution >= 4 is 11.8 Å². The van der Waals surface area contributed by atoms with E-state index in [0.717, 1.165) is 0 Å². The fourth-order valence-corrected chi connectivity index (χ4v) is 0.417. The smallest absolute Gasteiger partial charge is 0.310 e. The summed E-state index contributed by atoms with van der Waals surface area (Å²) >= 11 is 0. The molecule has 0 rings (SSSR count). The normalized spacial score (nSPS) is 9.30. The van der Waals surface area contributed by atoms with Gasteiger partial charge in [-0.05, 0) is 0 Å². The Bertz CT molecular complexity index is 130. The van der Waals surface area contributed by atoms with Crippen molar-refractivity contribution in [3.63, 3.8) is 0 Å². The highest BCUT2D eigenvalue weighted by Gasteiger charge is 2.06. The highest BCUT2D eigenvalue weighted by atomic mass is 17.1. The maximum Gasteiger partial charge on any atom is 0.310 e. The average Bonchev–Trinajstić information content (AvgIpc) is 1.82. The van der Waals surface area contributed by atoms with Crippen molar-refractivity contribution in [2.45, 2.75) is 12.8 Å². The van der Waals surface area contributed by atoms with E-state index < -0.39 is 18.2 Å². The largest absolute Gasteiger partial charge is 0.481 e. The molecular weight excluding hydrogens is 140 g/mol. The number of hydrogen-bond donors (Lipinski definition) is 2. The first kappa shape index (κ1) is 9.06. The molecule has 0 aliphatic carbocycles. The van der Waals surface area contributed by atoms with E-state index in [0.29, 0.717) is 0 Å². The van der Waals surface area contributed by atoms with Gasteiger partial charge < -0.3 is 5.11 Å². The summed E-state index contributed by atoms with van der Waals surface area (Å²) in [6.45, 7) is -0.147. The van der Waals surface area contributed by atoms with Gasteiger partial charge in [-0.25, -0.2) is 4.89 Å². The minimum absolute atomic E-state index is 0.0667. The fourth-order valence-electron chi connectivity index (χ4n) is 0.417. The zero-order valence-corrected chi connectivity index (χ0v) is 5.24. The maximum atomic E-state index is 10.4. The number of aliphatic carboxylic acids is 1. The molecule has 0 aromatic rings. The van der Waals surface area contributed by atoms with E-state index in [4.69, 9.17) is 10.4 Å². The van der Waals surface area contributed by atoms with Crippen LogP contribution in [0.2, 0.25) is 0 Å². The molecule has 0 bridgehead atoms. The summed E-state index contributed by atoms with van der Waals surface area (Å²) in [5.41, 5.74) is 0. The molecule has 58 valence electrons. The molecule has 0 aliphatic rings. The van der Waals surface area contributed by atoms with E-state index in [1.54, 1.807) is 0 Å². The third kappa shape index (κ3) is 5.20. The van der Waals surface area contributed by atoms with Gasteiger partial charge in [0.25, 0.3) is 0 Å². The van der Waals surface area contributed by atoms with Crippen molar-refractivity contribution in [3.05, 3.63) is 0 Å². The van der Waals surface area contributed by atoms with Crippen LogP contribution < -0.4 is 0 Å². The predicted molar refractivity (Wildman–Crippen MR) is 30.5 cm³/mol. The van der Waals surface area contributed by atoms with Crippen molar-refractivity contribution in [1.29, 1.82) is 0 Å². The minimum Gasteiger partial charge on any atom is -0.481 e. The van der Waals surface area contributed by atoms with Gasteiger partial charge in [0.2, 0.25) is 0 Å². The summed E-state index contributed by atoms with van der Waals surface area (Å²) in [6, 6.07) is 0. The van der Waals surface area contributed by atoms with E-state index >= 15 is 0 Å².